The highest BCUT2D eigenvalue weighted by molar-refractivity contribution is 7.99. The van der Waals surface area contributed by atoms with Crippen LogP contribution in [-0.4, -0.2) is 18.0 Å². The molecule has 2 rings (SSSR count). The van der Waals surface area contributed by atoms with Gasteiger partial charge >= 0.3 is 0 Å². The lowest BCUT2D eigenvalue weighted by Gasteiger charge is -2.14. The maximum atomic E-state index is 12.8. The fourth-order valence-electron chi connectivity index (χ4n) is 1.94. The van der Waals surface area contributed by atoms with Crippen molar-refractivity contribution in [2.45, 2.75) is 17.9 Å². The minimum absolute atomic E-state index is 0.249. The maximum Gasteiger partial charge on any atom is 0.123 e. The van der Waals surface area contributed by atoms with Crippen LogP contribution in [0, 0.1) is 12.7 Å². The summed E-state index contributed by atoms with van der Waals surface area (Å²) in [6.07, 6.45) is -0.559. The SMILES string of the molecule is COc1ccc(C(O)CSc2ccc(F)cc2)c(C)c1. The molecule has 0 aliphatic rings. The van der Waals surface area contributed by atoms with E-state index in [9.17, 15) is 9.50 Å². The summed E-state index contributed by atoms with van der Waals surface area (Å²) in [5.41, 5.74) is 1.89. The maximum absolute atomic E-state index is 12.8. The fraction of sp³-hybridized carbons (Fsp3) is 0.250. The largest absolute Gasteiger partial charge is 0.497 e. The zero-order valence-corrected chi connectivity index (χ0v) is 12.3. The predicted octanol–water partition coefficient (Wildman–Crippen LogP) is 3.97. The van der Waals surface area contributed by atoms with E-state index < -0.39 is 6.10 Å². The number of halogens is 1. The Morgan fingerprint density at radius 1 is 1.20 bits per heavy atom. The minimum Gasteiger partial charge on any atom is -0.497 e. The minimum atomic E-state index is -0.559. The molecule has 2 aromatic carbocycles. The van der Waals surface area contributed by atoms with Crippen LogP contribution in [0.5, 0.6) is 5.75 Å². The van der Waals surface area contributed by atoms with Gasteiger partial charge in [0.15, 0.2) is 0 Å². The van der Waals surface area contributed by atoms with Gasteiger partial charge in [-0.25, -0.2) is 4.39 Å². The molecular weight excluding hydrogens is 275 g/mol. The number of aryl methyl sites for hydroxylation is 1. The molecule has 2 aromatic rings. The molecule has 0 spiro atoms. The Kier molecular flexibility index (Phi) is 5.04. The Morgan fingerprint density at radius 2 is 1.90 bits per heavy atom. The predicted molar refractivity (Wildman–Crippen MR) is 79.8 cm³/mol. The van der Waals surface area contributed by atoms with Crippen molar-refractivity contribution < 1.29 is 14.2 Å². The highest BCUT2D eigenvalue weighted by Crippen LogP contribution is 2.28. The van der Waals surface area contributed by atoms with E-state index in [0.717, 1.165) is 21.8 Å². The molecule has 0 heterocycles. The van der Waals surface area contributed by atoms with Crippen LogP contribution in [0.3, 0.4) is 0 Å². The van der Waals surface area contributed by atoms with Crippen molar-refractivity contribution in [2.24, 2.45) is 0 Å². The number of aliphatic hydroxyl groups is 1. The Morgan fingerprint density at radius 3 is 2.50 bits per heavy atom. The van der Waals surface area contributed by atoms with Crippen molar-refractivity contribution in [3.8, 4) is 5.75 Å². The molecule has 1 unspecified atom stereocenters. The summed E-state index contributed by atoms with van der Waals surface area (Å²) in [5.74, 6) is 1.06. The lowest BCUT2D eigenvalue weighted by molar-refractivity contribution is 0.203. The molecule has 2 nitrogen and oxygen atoms in total. The first kappa shape index (κ1) is 14.9. The van der Waals surface area contributed by atoms with Gasteiger partial charge in [-0.2, -0.15) is 0 Å². The second-order valence-corrected chi connectivity index (χ2v) is 5.60. The first-order valence-electron chi connectivity index (χ1n) is 6.31. The van der Waals surface area contributed by atoms with E-state index in [2.05, 4.69) is 0 Å². The molecule has 20 heavy (non-hydrogen) atoms. The van der Waals surface area contributed by atoms with Crippen molar-refractivity contribution in [1.82, 2.24) is 0 Å². The first-order valence-corrected chi connectivity index (χ1v) is 7.29. The number of hydrogen-bond acceptors (Lipinski definition) is 3. The van der Waals surface area contributed by atoms with Crippen LogP contribution in [0.1, 0.15) is 17.2 Å². The van der Waals surface area contributed by atoms with Crippen molar-refractivity contribution in [3.63, 3.8) is 0 Å². The highest BCUT2D eigenvalue weighted by atomic mass is 32.2. The highest BCUT2D eigenvalue weighted by Gasteiger charge is 2.11. The number of rotatable bonds is 5. The second-order valence-electron chi connectivity index (χ2n) is 4.50. The van der Waals surface area contributed by atoms with Crippen LogP contribution in [0.25, 0.3) is 0 Å². The number of ether oxygens (including phenoxy) is 1. The molecule has 0 amide bonds. The third-order valence-corrected chi connectivity index (χ3v) is 4.15. The molecule has 0 fully saturated rings. The summed E-state index contributed by atoms with van der Waals surface area (Å²) in [6, 6.07) is 11.9. The molecule has 0 saturated heterocycles. The van der Waals surface area contributed by atoms with Gasteiger partial charge in [-0.15, -0.1) is 11.8 Å². The summed E-state index contributed by atoms with van der Waals surface area (Å²) in [4.78, 5) is 0.941. The van der Waals surface area contributed by atoms with E-state index in [1.807, 2.05) is 25.1 Å². The number of benzene rings is 2. The van der Waals surface area contributed by atoms with Crippen molar-refractivity contribution in [3.05, 3.63) is 59.4 Å². The third-order valence-electron chi connectivity index (χ3n) is 3.06. The van der Waals surface area contributed by atoms with Crippen molar-refractivity contribution >= 4 is 11.8 Å². The van der Waals surface area contributed by atoms with E-state index in [1.165, 1.54) is 23.9 Å². The van der Waals surface area contributed by atoms with Crippen LogP contribution in [0.2, 0.25) is 0 Å². The van der Waals surface area contributed by atoms with Crippen molar-refractivity contribution in [1.29, 1.82) is 0 Å². The zero-order valence-electron chi connectivity index (χ0n) is 11.5. The quantitative estimate of drug-likeness (QED) is 0.846. The van der Waals surface area contributed by atoms with Crippen molar-refractivity contribution in [2.75, 3.05) is 12.9 Å². The first-order chi connectivity index (χ1) is 9.60. The van der Waals surface area contributed by atoms with Gasteiger partial charge in [-0.05, 0) is 54.4 Å². The van der Waals surface area contributed by atoms with E-state index in [0.29, 0.717) is 5.75 Å². The molecule has 1 atom stereocenters. The smallest absolute Gasteiger partial charge is 0.123 e. The second kappa shape index (κ2) is 6.77. The molecule has 0 bridgehead atoms. The third kappa shape index (κ3) is 3.74. The van der Waals surface area contributed by atoms with E-state index >= 15 is 0 Å². The number of aliphatic hydroxyl groups excluding tert-OH is 1. The van der Waals surface area contributed by atoms with Gasteiger partial charge in [0.05, 0.1) is 13.2 Å². The standard InChI is InChI=1S/C16H17FO2S/c1-11-9-13(19-2)5-8-15(11)16(18)10-20-14-6-3-12(17)4-7-14/h3-9,16,18H,10H2,1-2H3. The number of methoxy groups -OCH3 is 1. The van der Waals surface area contributed by atoms with Crippen LogP contribution in [0.15, 0.2) is 47.4 Å². The summed E-state index contributed by atoms with van der Waals surface area (Å²) in [7, 11) is 1.62. The Bertz CT molecular complexity index is 569. The topological polar surface area (TPSA) is 29.5 Å². The normalized spacial score (nSPS) is 12.2. The number of thioether (sulfide) groups is 1. The monoisotopic (exact) mass is 292 g/mol. The van der Waals surface area contributed by atoms with Crippen LogP contribution in [0.4, 0.5) is 4.39 Å². The molecule has 106 valence electrons. The lowest BCUT2D eigenvalue weighted by Crippen LogP contribution is -2.03. The van der Waals surface area contributed by atoms with Gasteiger partial charge < -0.3 is 9.84 Å². The summed E-state index contributed by atoms with van der Waals surface area (Å²) in [6.45, 7) is 1.95. The molecular formula is C16H17FO2S. The van der Waals surface area contributed by atoms with Gasteiger partial charge in [-0.3, -0.25) is 0 Å². The van der Waals surface area contributed by atoms with Gasteiger partial charge in [-0.1, -0.05) is 6.07 Å². The summed E-state index contributed by atoms with van der Waals surface area (Å²) >= 11 is 1.50. The average Bonchev–Trinajstić information content (AvgIpc) is 2.46. The van der Waals surface area contributed by atoms with E-state index in [-0.39, 0.29) is 5.82 Å². The Labute approximate surface area is 122 Å². The molecule has 0 radical (unpaired) electrons. The molecule has 1 N–H and O–H groups in total. The Balaban J connectivity index is 2.01. The van der Waals surface area contributed by atoms with E-state index in [4.69, 9.17) is 4.74 Å². The van der Waals surface area contributed by atoms with Gasteiger partial charge in [0.2, 0.25) is 0 Å². The fourth-order valence-corrected chi connectivity index (χ4v) is 2.80. The van der Waals surface area contributed by atoms with E-state index in [1.54, 1.807) is 19.2 Å². The number of hydrogen-bond donors (Lipinski definition) is 1. The molecule has 4 heteroatoms. The zero-order chi connectivity index (χ0) is 14.5. The lowest BCUT2D eigenvalue weighted by atomic mass is 10.0. The van der Waals surface area contributed by atoms with Crippen LogP contribution >= 0.6 is 11.8 Å². The molecule has 0 aromatic heterocycles. The van der Waals surface area contributed by atoms with Crippen LogP contribution < -0.4 is 4.74 Å². The summed E-state index contributed by atoms with van der Waals surface area (Å²) < 4.78 is 18.0. The average molecular weight is 292 g/mol. The van der Waals surface area contributed by atoms with Gasteiger partial charge in [0.25, 0.3) is 0 Å². The molecule has 0 aliphatic heterocycles. The van der Waals surface area contributed by atoms with Gasteiger partial charge in [0, 0.05) is 10.6 Å². The Hall–Kier alpha value is -1.52. The summed E-state index contributed by atoms with van der Waals surface area (Å²) in [5, 5.41) is 10.2. The molecule has 0 aliphatic carbocycles. The van der Waals surface area contributed by atoms with Crippen LogP contribution in [-0.2, 0) is 0 Å². The van der Waals surface area contributed by atoms with Gasteiger partial charge in [0.1, 0.15) is 11.6 Å². The molecule has 0 saturated carbocycles.